The van der Waals surface area contributed by atoms with Crippen LogP contribution in [0.25, 0.3) is 0 Å². The van der Waals surface area contributed by atoms with E-state index in [0.717, 1.165) is 5.56 Å². The number of aromatic nitrogens is 2. The van der Waals surface area contributed by atoms with E-state index >= 15 is 0 Å². The van der Waals surface area contributed by atoms with Crippen molar-refractivity contribution in [3.63, 3.8) is 0 Å². The first kappa shape index (κ1) is 15.7. The van der Waals surface area contributed by atoms with Crippen LogP contribution in [0, 0.1) is 5.92 Å². The van der Waals surface area contributed by atoms with Gasteiger partial charge in [-0.15, -0.1) is 0 Å². The second-order valence-electron chi connectivity index (χ2n) is 6.18. The van der Waals surface area contributed by atoms with Crippen molar-refractivity contribution in [3.8, 4) is 5.88 Å². The third-order valence-electron chi connectivity index (χ3n) is 3.29. The molecule has 2 heterocycles. The summed E-state index contributed by atoms with van der Waals surface area (Å²) in [6, 6.07) is 0. The number of hydrogen-bond donors (Lipinski definition) is 1. The summed E-state index contributed by atoms with van der Waals surface area (Å²) in [5.74, 6) is -1.51. The molecule has 0 saturated carbocycles. The molecule has 1 atom stereocenters. The van der Waals surface area contributed by atoms with E-state index in [1.165, 1.54) is 0 Å². The maximum atomic E-state index is 12.1. The van der Waals surface area contributed by atoms with Gasteiger partial charge < -0.3 is 10.1 Å². The lowest BCUT2D eigenvalue weighted by molar-refractivity contribution is -0.173. The highest BCUT2D eigenvalue weighted by Crippen LogP contribution is 2.33. The van der Waals surface area contributed by atoms with Crippen LogP contribution in [0.1, 0.15) is 26.3 Å². The van der Waals surface area contributed by atoms with Crippen LogP contribution in [0.2, 0.25) is 0 Å². The molecule has 1 aliphatic heterocycles. The highest BCUT2D eigenvalue weighted by molar-refractivity contribution is 5.81. The minimum atomic E-state index is -4.86. The fourth-order valence-electron chi connectivity index (χ4n) is 2.13. The summed E-state index contributed by atoms with van der Waals surface area (Å²) in [5, 5.41) is 6.08. The van der Waals surface area contributed by atoms with Crippen molar-refractivity contribution in [2.24, 2.45) is 5.92 Å². The highest BCUT2D eigenvalue weighted by Gasteiger charge is 2.39. The van der Waals surface area contributed by atoms with Crippen LogP contribution in [0.15, 0.2) is 6.20 Å². The molecule has 0 radical (unpaired) electrons. The number of fused-ring (bicyclic) bond motifs is 1. The molecular formula is C13H18F3N3O2. The fourth-order valence-corrected chi connectivity index (χ4v) is 2.13. The SMILES string of the molecule is CC(C)(C)c1cnn2c1OCC(CNC(=O)C(F)(F)F)C2. The van der Waals surface area contributed by atoms with E-state index in [1.54, 1.807) is 10.9 Å². The first-order chi connectivity index (χ1) is 9.59. The van der Waals surface area contributed by atoms with Crippen LogP contribution in [0.5, 0.6) is 5.88 Å². The zero-order valence-electron chi connectivity index (χ0n) is 12.1. The van der Waals surface area contributed by atoms with Crippen molar-refractivity contribution in [1.29, 1.82) is 0 Å². The Morgan fingerprint density at radius 1 is 1.48 bits per heavy atom. The van der Waals surface area contributed by atoms with Crippen molar-refractivity contribution in [2.75, 3.05) is 13.2 Å². The molecule has 1 aliphatic rings. The van der Waals surface area contributed by atoms with Crippen LogP contribution in [-0.4, -0.2) is 35.0 Å². The molecule has 0 fully saturated rings. The van der Waals surface area contributed by atoms with Gasteiger partial charge in [-0.25, -0.2) is 4.68 Å². The van der Waals surface area contributed by atoms with Gasteiger partial charge in [0.05, 0.1) is 19.3 Å². The van der Waals surface area contributed by atoms with Crippen molar-refractivity contribution in [1.82, 2.24) is 15.1 Å². The lowest BCUT2D eigenvalue weighted by atomic mass is 9.89. The van der Waals surface area contributed by atoms with Gasteiger partial charge in [0.2, 0.25) is 5.88 Å². The van der Waals surface area contributed by atoms with Gasteiger partial charge in [0.25, 0.3) is 0 Å². The summed E-state index contributed by atoms with van der Waals surface area (Å²) in [5.41, 5.74) is 0.838. The maximum Gasteiger partial charge on any atom is 0.471 e. The molecule has 2 rings (SSSR count). The molecule has 0 saturated heterocycles. The Balaban J connectivity index is 1.98. The number of ether oxygens (including phenoxy) is 1. The van der Waals surface area contributed by atoms with Crippen LogP contribution >= 0.6 is 0 Å². The Kier molecular flexibility index (Phi) is 3.90. The molecule has 0 bridgehead atoms. The Morgan fingerprint density at radius 3 is 2.71 bits per heavy atom. The van der Waals surface area contributed by atoms with Gasteiger partial charge in [0.15, 0.2) is 0 Å². The minimum Gasteiger partial charge on any atom is -0.477 e. The number of nitrogens with one attached hydrogen (secondary N) is 1. The molecule has 1 aromatic heterocycles. The molecule has 1 amide bonds. The molecule has 1 N–H and O–H groups in total. The maximum absolute atomic E-state index is 12.1. The fraction of sp³-hybridized carbons (Fsp3) is 0.692. The Hall–Kier alpha value is -1.73. The van der Waals surface area contributed by atoms with Gasteiger partial charge in [-0.3, -0.25) is 4.79 Å². The number of halogens is 3. The van der Waals surface area contributed by atoms with Gasteiger partial charge in [-0.1, -0.05) is 20.8 Å². The molecular weight excluding hydrogens is 287 g/mol. The third kappa shape index (κ3) is 3.48. The number of hydrogen-bond acceptors (Lipinski definition) is 3. The molecule has 1 unspecified atom stereocenters. The summed E-state index contributed by atoms with van der Waals surface area (Å²) >= 11 is 0. The number of carbonyl (C=O) groups is 1. The summed E-state index contributed by atoms with van der Waals surface area (Å²) < 4.78 is 43.6. The predicted octanol–water partition coefficient (Wildman–Crippen LogP) is 1.87. The molecule has 0 spiro atoms. The van der Waals surface area contributed by atoms with Crippen LogP contribution in [0.4, 0.5) is 13.2 Å². The van der Waals surface area contributed by atoms with Crippen LogP contribution in [-0.2, 0) is 16.8 Å². The van der Waals surface area contributed by atoms with Gasteiger partial charge in [0.1, 0.15) is 0 Å². The first-order valence-corrected chi connectivity index (χ1v) is 6.63. The molecule has 118 valence electrons. The van der Waals surface area contributed by atoms with E-state index < -0.39 is 12.1 Å². The smallest absolute Gasteiger partial charge is 0.471 e. The quantitative estimate of drug-likeness (QED) is 0.907. The monoisotopic (exact) mass is 305 g/mol. The molecule has 1 aromatic rings. The second-order valence-corrected chi connectivity index (χ2v) is 6.18. The number of amides is 1. The zero-order chi connectivity index (χ0) is 15.8. The highest BCUT2D eigenvalue weighted by atomic mass is 19.4. The summed E-state index contributed by atoms with van der Waals surface area (Å²) in [6.45, 7) is 6.68. The minimum absolute atomic E-state index is 0.0947. The van der Waals surface area contributed by atoms with E-state index in [-0.39, 0.29) is 24.5 Å². The van der Waals surface area contributed by atoms with E-state index in [1.807, 2.05) is 26.1 Å². The van der Waals surface area contributed by atoms with Crippen molar-refractivity contribution >= 4 is 5.91 Å². The average molecular weight is 305 g/mol. The second kappa shape index (κ2) is 5.23. The van der Waals surface area contributed by atoms with Gasteiger partial charge in [-0.05, 0) is 5.41 Å². The van der Waals surface area contributed by atoms with E-state index in [0.29, 0.717) is 12.4 Å². The van der Waals surface area contributed by atoms with Crippen LogP contribution < -0.4 is 10.1 Å². The zero-order valence-corrected chi connectivity index (χ0v) is 12.1. The van der Waals surface area contributed by atoms with E-state index in [4.69, 9.17) is 4.74 Å². The summed E-state index contributed by atoms with van der Waals surface area (Å²) in [7, 11) is 0. The van der Waals surface area contributed by atoms with Gasteiger partial charge >= 0.3 is 12.1 Å². The van der Waals surface area contributed by atoms with Crippen molar-refractivity contribution < 1.29 is 22.7 Å². The summed E-state index contributed by atoms with van der Waals surface area (Å²) in [6.07, 6.45) is -3.14. The Labute approximate surface area is 120 Å². The normalized spacial score (nSPS) is 18.9. The van der Waals surface area contributed by atoms with E-state index in [9.17, 15) is 18.0 Å². The van der Waals surface area contributed by atoms with Crippen LogP contribution in [0.3, 0.4) is 0 Å². The molecule has 21 heavy (non-hydrogen) atoms. The average Bonchev–Trinajstić information content (AvgIpc) is 2.77. The topological polar surface area (TPSA) is 56.1 Å². The number of rotatable bonds is 2. The largest absolute Gasteiger partial charge is 0.477 e. The molecule has 8 heteroatoms. The predicted molar refractivity (Wildman–Crippen MR) is 69.0 cm³/mol. The lowest BCUT2D eigenvalue weighted by Crippen LogP contribution is -2.42. The Bertz CT molecular complexity index is 532. The first-order valence-electron chi connectivity index (χ1n) is 6.63. The third-order valence-corrected chi connectivity index (χ3v) is 3.29. The lowest BCUT2D eigenvalue weighted by Gasteiger charge is -2.27. The number of carbonyl (C=O) groups excluding carboxylic acids is 1. The Morgan fingerprint density at radius 2 is 2.14 bits per heavy atom. The molecule has 0 aliphatic carbocycles. The van der Waals surface area contributed by atoms with E-state index in [2.05, 4.69) is 5.10 Å². The van der Waals surface area contributed by atoms with Crippen molar-refractivity contribution in [2.45, 2.75) is 38.9 Å². The number of alkyl halides is 3. The molecule has 5 nitrogen and oxygen atoms in total. The standard InChI is InChI=1S/C13H18F3N3O2/c1-12(2,3)9-5-18-19-6-8(7-21-10(9)19)4-17-11(20)13(14,15)16/h5,8H,4,6-7H2,1-3H3,(H,17,20). The van der Waals surface area contributed by atoms with Crippen molar-refractivity contribution in [3.05, 3.63) is 11.8 Å². The van der Waals surface area contributed by atoms with Gasteiger partial charge in [0, 0.05) is 18.0 Å². The number of nitrogens with zero attached hydrogens (tertiary/aromatic N) is 2. The summed E-state index contributed by atoms with van der Waals surface area (Å²) in [4.78, 5) is 10.8. The van der Waals surface area contributed by atoms with Gasteiger partial charge in [-0.2, -0.15) is 18.3 Å². The molecule has 0 aromatic carbocycles.